The molecule has 0 spiro atoms. The van der Waals surface area contributed by atoms with Crippen LogP contribution in [0.15, 0.2) is 47.6 Å². The van der Waals surface area contributed by atoms with Gasteiger partial charge in [-0.25, -0.2) is 12.7 Å². The summed E-state index contributed by atoms with van der Waals surface area (Å²) in [6, 6.07) is 8.86. The van der Waals surface area contributed by atoms with Gasteiger partial charge in [0.25, 0.3) is 0 Å². The molecule has 0 aliphatic heterocycles. The molecule has 11 heteroatoms. The molecule has 0 bridgehead atoms. The van der Waals surface area contributed by atoms with Gasteiger partial charge in [-0.3, -0.25) is 9.38 Å². The maximum absolute atomic E-state index is 13.0. The summed E-state index contributed by atoms with van der Waals surface area (Å²) >= 11 is 1.47. The van der Waals surface area contributed by atoms with Crippen LogP contribution in [0.1, 0.15) is 11.4 Å². The fourth-order valence-corrected chi connectivity index (χ4v) is 5.17. The minimum absolute atomic E-state index is 0.132. The number of rotatable bonds is 7. The molecule has 0 fully saturated rings. The van der Waals surface area contributed by atoms with Gasteiger partial charge in [0.1, 0.15) is 5.82 Å². The number of nitrogens with zero attached hydrogens (tertiary/aromatic N) is 5. The van der Waals surface area contributed by atoms with Gasteiger partial charge in [-0.2, -0.15) is 0 Å². The molecule has 162 valence electrons. The summed E-state index contributed by atoms with van der Waals surface area (Å²) in [4.78, 5) is 6.16. The van der Waals surface area contributed by atoms with E-state index < -0.39 is 10.0 Å². The smallest absolute Gasteiger partial charge is 0.242 e. The van der Waals surface area contributed by atoms with Crippen molar-refractivity contribution in [2.75, 3.05) is 28.3 Å². The number of pyridine rings is 1. The fourth-order valence-electron chi connectivity index (χ4n) is 3.14. The van der Waals surface area contributed by atoms with Gasteiger partial charge >= 0.3 is 0 Å². The van der Waals surface area contributed by atoms with E-state index >= 15 is 0 Å². The van der Waals surface area contributed by atoms with E-state index in [-0.39, 0.29) is 11.3 Å². The zero-order valence-corrected chi connectivity index (χ0v) is 19.1. The number of hydrogen-bond donors (Lipinski definition) is 0. The second-order valence-electron chi connectivity index (χ2n) is 6.86. The molecule has 0 unspecified atom stereocenters. The maximum Gasteiger partial charge on any atom is 0.242 e. The van der Waals surface area contributed by atoms with Crippen molar-refractivity contribution in [1.82, 2.24) is 23.9 Å². The van der Waals surface area contributed by atoms with E-state index in [2.05, 4.69) is 15.2 Å². The first-order valence-corrected chi connectivity index (χ1v) is 11.5. The van der Waals surface area contributed by atoms with Crippen molar-refractivity contribution in [2.45, 2.75) is 11.3 Å². The summed E-state index contributed by atoms with van der Waals surface area (Å²) in [5, 5.41) is 8.53. The number of fused-ring (bicyclic) bond motifs is 1. The minimum atomic E-state index is -3.73. The third-order valence-electron chi connectivity index (χ3n) is 4.77. The highest BCUT2D eigenvalue weighted by Gasteiger charge is 2.25. The van der Waals surface area contributed by atoms with Gasteiger partial charge in [0.15, 0.2) is 11.5 Å². The summed E-state index contributed by atoms with van der Waals surface area (Å²) in [6.07, 6.45) is 3.89. The van der Waals surface area contributed by atoms with Crippen LogP contribution in [0.4, 0.5) is 0 Å². The molecule has 0 N–H and O–H groups in total. The molecule has 3 aromatic heterocycles. The molecular formula is C20H21N5O4S2. The van der Waals surface area contributed by atoms with Crippen LogP contribution in [0.5, 0.6) is 11.5 Å². The lowest BCUT2D eigenvalue weighted by atomic mass is 10.1. The Morgan fingerprint density at radius 2 is 1.84 bits per heavy atom. The van der Waals surface area contributed by atoms with Crippen LogP contribution in [0.3, 0.4) is 0 Å². The first-order chi connectivity index (χ1) is 14.8. The Morgan fingerprint density at radius 1 is 1.10 bits per heavy atom. The molecule has 4 rings (SSSR count). The van der Waals surface area contributed by atoms with Crippen molar-refractivity contribution in [2.24, 2.45) is 0 Å². The molecule has 4 aromatic rings. The molecule has 0 amide bonds. The number of sulfonamides is 1. The number of hydrogen-bond acceptors (Lipinski definition) is 8. The monoisotopic (exact) mass is 459 g/mol. The Balaban J connectivity index is 1.82. The van der Waals surface area contributed by atoms with Crippen LogP contribution in [-0.2, 0) is 16.4 Å². The van der Waals surface area contributed by atoms with Gasteiger partial charge in [-0.1, -0.05) is 17.4 Å². The Kier molecular flexibility index (Phi) is 5.65. The lowest BCUT2D eigenvalue weighted by molar-refractivity contribution is 0.353. The van der Waals surface area contributed by atoms with Crippen LogP contribution >= 0.6 is 11.3 Å². The summed E-state index contributed by atoms with van der Waals surface area (Å²) in [5.41, 5.74) is 1.37. The van der Waals surface area contributed by atoms with Crippen LogP contribution in [0, 0.1) is 0 Å². The van der Waals surface area contributed by atoms with Crippen molar-refractivity contribution in [3.8, 4) is 22.1 Å². The first-order valence-electron chi connectivity index (χ1n) is 9.27. The van der Waals surface area contributed by atoms with E-state index in [9.17, 15) is 8.42 Å². The van der Waals surface area contributed by atoms with Gasteiger partial charge < -0.3 is 9.47 Å². The Bertz CT molecular complexity index is 1330. The normalized spacial score (nSPS) is 11.9. The molecule has 0 atom stereocenters. The molecular weight excluding hydrogens is 438 g/mol. The highest BCUT2D eigenvalue weighted by molar-refractivity contribution is 7.89. The average Bonchev–Trinajstić information content (AvgIpc) is 3.35. The third-order valence-corrected chi connectivity index (χ3v) is 7.67. The standard InChI is InChI=1S/C20H21N5O4S2/c1-24(2)31(26,27)18-11-16(29-4)15(28-3)9-13(18)10-19-22-23-20-25(19)12-17(30-20)14-7-5-6-8-21-14/h5-9,11-12H,10H2,1-4H3. The second kappa shape index (κ2) is 8.25. The molecule has 9 nitrogen and oxygen atoms in total. The fraction of sp³-hybridized carbons (Fsp3) is 0.250. The summed E-state index contributed by atoms with van der Waals surface area (Å²) in [6.45, 7) is 0. The number of methoxy groups -OCH3 is 2. The first kappa shape index (κ1) is 21.2. The van der Waals surface area contributed by atoms with E-state index in [1.165, 1.54) is 50.0 Å². The van der Waals surface area contributed by atoms with Crippen molar-refractivity contribution < 1.29 is 17.9 Å². The molecule has 0 saturated carbocycles. The maximum atomic E-state index is 13.0. The predicted molar refractivity (Wildman–Crippen MR) is 117 cm³/mol. The lowest BCUT2D eigenvalue weighted by Crippen LogP contribution is -2.23. The topological polar surface area (TPSA) is 98.9 Å². The highest BCUT2D eigenvalue weighted by Crippen LogP contribution is 2.35. The number of thiazole rings is 1. The SMILES string of the molecule is COc1cc(Cc2nnc3sc(-c4ccccn4)cn23)c(S(=O)(=O)N(C)C)cc1OC. The van der Waals surface area contributed by atoms with E-state index in [1.807, 2.05) is 28.8 Å². The Hall–Kier alpha value is -3.02. The molecule has 0 aliphatic carbocycles. The molecule has 0 aliphatic rings. The van der Waals surface area contributed by atoms with E-state index in [0.29, 0.717) is 27.8 Å². The Labute approximate surface area is 184 Å². The quantitative estimate of drug-likeness (QED) is 0.419. The van der Waals surface area contributed by atoms with Crippen molar-refractivity contribution >= 4 is 26.3 Å². The number of ether oxygens (including phenoxy) is 2. The molecule has 3 heterocycles. The largest absolute Gasteiger partial charge is 0.493 e. The van der Waals surface area contributed by atoms with Gasteiger partial charge in [-0.15, -0.1) is 10.2 Å². The molecule has 31 heavy (non-hydrogen) atoms. The van der Waals surface area contributed by atoms with Gasteiger partial charge in [0, 0.05) is 39.0 Å². The number of aromatic nitrogens is 4. The molecule has 1 aromatic carbocycles. The molecule has 0 radical (unpaired) electrons. The highest BCUT2D eigenvalue weighted by atomic mass is 32.2. The number of benzene rings is 1. The van der Waals surface area contributed by atoms with Crippen LogP contribution in [-0.4, -0.2) is 60.6 Å². The summed E-state index contributed by atoms with van der Waals surface area (Å²) in [5.74, 6) is 1.39. The second-order valence-corrected chi connectivity index (χ2v) is 9.99. The Morgan fingerprint density at radius 3 is 2.48 bits per heavy atom. The predicted octanol–water partition coefficient (Wildman–Crippen LogP) is 2.71. The summed E-state index contributed by atoms with van der Waals surface area (Å²) in [7, 11) is 2.23. The van der Waals surface area contributed by atoms with Crippen LogP contribution < -0.4 is 9.47 Å². The van der Waals surface area contributed by atoms with E-state index in [0.717, 1.165) is 10.6 Å². The summed E-state index contributed by atoms with van der Waals surface area (Å²) < 4.78 is 39.7. The van der Waals surface area contributed by atoms with Crippen molar-refractivity contribution in [3.63, 3.8) is 0 Å². The van der Waals surface area contributed by atoms with Crippen LogP contribution in [0.2, 0.25) is 0 Å². The van der Waals surface area contributed by atoms with Crippen LogP contribution in [0.25, 0.3) is 15.5 Å². The van der Waals surface area contributed by atoms with Gasteiger partial charge in [0.05, 0.1) is 29.7 Å². The van der Waals surface area contributed by atoms with E-state index in [4.69, 9.17) is 9.47 Å². The van der Waals surface area contributed by atoms with Crippen molar-refractivity contribution in [3.05, 3.63) is 54.1 Å². The van der Waals surface area contributed by atoms with Crippen molar-refractivity contribution in [1.29, 1.82) is 0 Å². The van der Waals surface area contributed by atoms with Gasteiger partial charge in [0.2, 0.25) is 15.0 Å². The molecule has 0 saturated heterocycles. The lowest BCUT2D eigenvalue weighted by Gasteiger charge is -2.17. The zero-order chi connectivity index (χ0) is 22.2. The third kappa shape index (κ3) is 3.87. The van der Waals surface area contributed by atoms with Gasteiger partial charge in [-0.05, 0) is 23.8 Å². The van der Waals surface area contributed by atoms with E-state index in [1.54, 1.807) is 12.3 Å². The average molecular weight is 460 g/mol. The zero-order valence-electron chi connectivity index (χ0n) is 17.4. The minimum Gasteiger partial charge on any atom is -0.493 e.